The van der Waals surface area contributed by atoms with E-state index in [-0.39, 0.29) is 5.91 Å². The lowest BCUT2D eigenvalue weighted by atomic mass is 10.4. The van der Waals surface area contributed by atoms with Crippen LogP contribution in [-0.4, -0.2) is 42.7 Å². The first-order valence-electron chi connectivity index (χ1n) is 5.29. The van der Waals surface area contributed by atoms with Crippen LogP contribution in [0.4, 0.5) is 11.6 Å². The number of aromatic nitrogens is 2. The average Bonchev–Trinajstić information content (AvgIpc) is 2.29. The molecule has 1 heterocycles. The number of ether oxygens (including phenoxy) is 1. The summed E-state index contributed by atoms with van der Waals surface area (Å²) in [7, 11) is 1.59. The van der Waals surface area contributed by atoms with Crippen LogP contribution in [0, 0.1) is 0 Å². The number of anilines is 2. The van der Waals surface area contributed by atoms with Crippen molar-refractivity contribution in [3.8, 4) is 0 Å². The highest BCUT2D eigenvalue weighted by molar-refractivity contribution is 5.76. The van der Waals surface area contributed by atoms with Gasteiger partial charge in [0.25, 0.3) is 0 Å². The third-order valence-electron chi connectivity index (χ3n) is 1.94. The fourth-order valence-corrected chi connectivity index (χ4v) is 1.15. The Kier molecular flexibility index (Phi) is 5.73. The van der Waals surface area contributed by atoms with E-state index in [4.69, 9.17) is 10.5 Å². The Morgan fingerprint density at radius 3 is 3.00 bits per heavy atom. The summed E-state index contributed by atoms with van der Waals surface area (Å²) in [5.41, 5.74) is 5.46. The second-order valence-corrected chi connectivity index (χ2v) is 3.35. The molecular weight excluding hydrogens is 222 g/mol. The van der Waals surface area contributed by atoms with Crippen molar-refractivity contribution in [2.24, 2.45) is 0 Å². The zero-order chi connectivity index (χ0) is 12.5. The number of nitrogen functional groups attached to an aromatic ring is 1. The molecule has 94 valence electrons. The molecule has 4 N–H and O–H groups in total. The van der Waals surface area contributed by atoms with Crippen molar-refractivity contribution in [2.75, 3.05) is 37.9 Å². The number of carbonyl (C=O) groups is 1. The molecule has 0 bridgehead atoms. The van der Waals surface area contributed by atoms with Crippen molar-refractivity contribution in [3.05, 3.63) is 12.4 Å². The Hall–Kier alpha value is -1.89. The predicted molar refractivity (Wildman–Crippen MR) is 64.4 cm³/mol. The van der Waals surface area contributed by atoms with Gasteiger partial charge >= 0.3 is 0 Å². The minimum atomic E-state index is -0.0357. The smallest absolute Gasteiger partial charge is 0.221 e. The summed E-state index contributed by atoms with van der Waals surface area (Å²) in [5.74, 6) is 0.876. The van der Waals surface area contributed by atoms with Gasteiger partial charge in [0.1, 0.15) is 11.6 Å². The number of hydrogen-bond donors (Lipinski definition) is 3. The maximum Gasteiger partial charge on any atom is 0.221 e. The molecule has 0 spiro atoms. The molecule has 1 aromatic heterocycles. The van der Waals surface area contributed by atoms with Crippen LogP contribution in [0.15, 0.2) is 12.4 Å². The first-order valence-corrected chi connectivity index (χ1v) is 5.29. The highest BCUT2D eigenvalue weighted by Crippen LogP contribution is 2.02. The Bertz CT molecular complexity index is 358. The van der Waals surface area contributed by atoms with Crippen molar-refractivity contribution in [1.29, 1.82) is 0 Å². The van der Waals surface area contributed by atoms with Crippen molar-refractivity contribution < 1.29 is 9.53 Å². The van der Waals surface area contributed by atoms with Crippen molar-refractivity contribution in [3.63, 3.8) is 0 Å². The van der Waals surface area contributed by atoms with Gasteiger partial charge in [-0.3, -0.25) is 9.78 Å². The minimum absolute atomic E-state index is 0.0357. The van der Waals surface area contributed by atoms with Crippen LogP contribution < -0.4 is 16.4 Å². The maximum atomic E-state index is 11.3. The molecule has 0 aromatic carbocycles. The van der Waals surface area contributed by atoms with Gasteiger partial charge in [0.15, 0.2) is 0 Å². The first kappa shape index (κ1) is 13.2. The molecule has 0 atom stereocenters. The number of amides is 1. The molecule has 0 fully saturated rings. The zero-order valence-corrected chi connectivity index (χ0v) is 9.77. The first-order chi connectivity index (χ1) is 8.22. The van der Waals surface area contributed by atoms with Crippen molar-refractivity contribution in [1.82, 2.24) is 15.3 Å². The van der Waals surface area contributed by atoms with Crippen molar-refractivity contribution in [2.45, 2.75) is 6.42 Å². The number of methoxy groups -OCH3 is 1. The standard InChI is InChI=1S/C10H17N5O2/c1-17-5-4-14-10(16)2-3-13-9-7-12-6-8(11)15-9/h6-7H,2-5H2,1H3,(H,14,16)(H3,11,13,15). The van der Waals surface area contributed by atoms with Gasteiger partial charge in [0, 0.05) is 26.6 Å². The van der Waals surface area contributed by atoms with Gasteiger partial charge in [-0.15, -0.1) is 0 Å². The number of carbonyl (C=O) groups excluding carboxylic acids is 1. The minimum Gasteiger partial charge on any atom is -0.383 e. The summed E-state index contributed by atoms with van der Waals surface area (Å²) < 4.78 is 4.82. The number of rotatable bonds is 7. The van der Waals surface area contributed by atoms with Gasteiger partial charge in [-0.05, 0) is 0 Å². The lowest BCUT2D eigenvalue weighted by molar-refractivity contribution is -0.121. The van der Waals surface area contributed by atoms with Crippen LogP contribution in [0.2, 0.25) is 0 Å². The number of nitrogens with two attached hydrogens (primary N) is 1. The molecule has 0 radical (unpaired) electrons. The molecule has 0 aliphatic heterocycles. The molecule has 0 saturated heterocycles. The van der Waals surface area contributed by atoms with Crippen LogP contribution in [0.3, 0.4) is 0 Å². The maximum absolute atomic E-state index is 11.3. The lowest BCUT2D eigenvalue weighted by Gasteiger charge is -2.06. The summed E-state index contributed by atoms with van der Waals surface area (Å²) in [6, 6.07) is 0. The molecule has 1 rings (SSSR count). The van der Waals surface area contributed by atoms with Gasteiger partial charge in [0.2, 0.25) is 5.91 Å². The third kappa shape index (κ3) is 5.67. The summed E-state index contributed by atoms with van der Waals surface area (Å²) in [5, 5.41) is 5.68. The van der Waals surface area contributed by atoms with Gasteiger partial charge < -0.3 is 21.1 Å². The van der Waals surface area contributed by atoms with Crippen LogP contribution in [0.5, 0.6) is 0 Å². The Labute approximate surface area is 99.8 Å². The van der Waals surface area contributed by atoms with Gasteiger partial charge in [-0.2, -0.15) is 0 Å². The second kappa shape index (κ2) is 7.39. The third-order valence-corrected chi connectivity index (χ3v) is 1.94. The summed E-state index contributed by atoms with van der Waals surface area (Å²) in [4.78, 5) is 19.2. The highest BCUT2D eigenvalue weighted by Gasteiger charge is 2.00. The Morgan fingerprint density at radius 2 is 2.29 bits per heavy atom. The van der Waals surface area contributed by atoms with Gasteiger partial charge in [0.05, 0.1) is 19.0 Å². The van der Waals surface area contributed by atoms with Gasteiger partial charge in [-0.1, -0.05) is 0 Å². The Balaban J connectivity index is 2.17. The van der Waals surface area contributed by atoms with Crippen LogP contribution in [-0.2, 0) is 9.53 Å². The topological polar surface area (TPSA) is 102 Å². The van der Waals surface area contributed by atoms with E-state index in [1.165, 1.54) is 6.20 Å². The number of nitrogens with one attached hydrogen (secondary N) is 2. The molecule has 1 amide bonds. The van der Waals surface area contributed by atoms with Crippen LogP contribution >= 0.6 is 0 Å². The average molecular weight is 239 g/mol. The molecule has 7 heteroatoms. The molecule has 0 aliphatic rings. The van der Waals surface area contributed by atoms with E-state index in [9.17, 15) is 4.79 Å². The van der Waals surface area contributed by atoms with Crippen LogP contribution in [0.25, 0.3) is 0 Å². The van der Waals surface area contributed by atoms with E-state index < -0.39 is 0 Å². The number of hydrogen-bond acceptors (Lipinski definition) is 6. The predicted octanol–water partition coefficient (Wildman–Crippen LogP) is -0.377. The van der Waals surface area contributed by atoms with E-state index in [0.29, 0.717) is 37.8 Å². The summed E-state index contributed by atoms with van der Waals surface area (Å²) in [6.07, 6.45) is 3.38. The fraction of sp³-hybridized carbons (Fsp3) is 0.500. The Morgan fingerprint density at radius 1 is 1.47 bits per heavy atom. The van der Waals surface area contributed by atoms with E-state index in [1.54, 1.807) is 13.3 Å². The van der Waals surface area contributed by atoms with Gasteiger partial charge in [-0.25, -0.2) is 4.98 Å². The zero-order valence-electron chi connectivity index (χ0n) is 9.77. The lowest BCUT2D eigenvalue weighted by Crippen LogP contribution is -2.28. The van der Waals surface area contributed by atoms with Crippen molar-refractivity contribution >= 4 is 17.5 Å². The fourth-order valence-electron chi connectivity index (χ4n) is 1.15. The van der Waals surface area contributed by atoms with Crippen LogP contribution in [0.1, 0.15) is 6.42 Å². The normalized spacial score (nSPS) is 9.94. The SMILES string of the molecule is COCCNC(=O)CCNc1cncc(N)n1. The van der Waals surface area contributed by atoms with E-state index in [0.717, 1.165) is 0 Å². The molecule has 0 unspecified atom stereocenters. The highest BCUT2D eigenvalue weighted by atomic mass is 16.5. The molecule has 0 saturated carbocycles. The molecule has 0 aliphatic carbocycles. The number of nitrogens with zero attached hydrogens (tertiary/aromatic N) is 2. The van der Waals surface area contributed by atoms with E-state index in [1.807, 2.05) is 0 Å². The molecule has 1 aromatic rings. The largest absolute Gasteiger partial charge is 0.383 e. The monoisotopic (exact) mass is 239 g/mol. The summed E-state index contributed by atoms with van der Waals surface area (Å²) in [6.45, 7) is 1.52. The summed E-state index contributed by atoms with van der Waals surface area (Å²) >= 11 is 0. The molecule has 7 nitrogen and oxygen atoms in total. The molecular formula is C10H17N5O2. The second-order valence-electron chi connectivity index (χ2n) is 3.35. The van der Waals surface area contributed by atoms with E-state index >= 15 is 0 Å². The molecule has 17 heavy (non-hydrogen) atoms. The van der Waals surface area contributed by atoms with E-state index in [2.05, 4.69) is 20.6 Å². The quantitative estimate of drug-likeness (QED) is 0.561.